The number of hydrogen-bond donors (Lipinski definition) is 1. The smallest absolute Gasteiger partial charge is 0.153 e. The lowest BCUT2D eigenvalue weighted by atomic mass is 9.75. The molecular weight excluding hydrogens is 272 g/mol. The summed E-state index contributed by atoms with van der Waals surface area (Å²) < 4.78 is 23.5. The zero-order valence-electron chi connectivity index (χ0n) is 12.9. The van der Waals surface area contributed by atoms with Crippen LogP contribution in [0.1, 0.15) is 46.0 Å². The second-order valence-electron chi connectivity index (χ2n) is 6.73. The molecule has 2 rings (SSSR count). The third-order valence-electron chi connectivity index (χ3n) is 5.21. The van der Waals surface area contributed by atoms with E-state index in [9.17, 15) is 8.42 Å². The van der Waals surface area contributed by atoms with Crippen LogP contribution in [0.3, 0.4) is 0 Å². The highest BCUT2D eigenvalue weighted by Gasteiger charge is 2.38. The van der Waals surface area contributed by atoms with Crippen LogP contribution in [0.4, 0.5) is 0 Å². The molecule has 2 aliphatic rings. The number of nitrogens with zero attached hydrogens (tertiary/aromatic N) is 1. The molecule has 4 atom stereocenters. The summed E-state index contributed by atoms with van der Waals surface area (Å²) in [5, 5.41) is 0. The minimum atomic E-state index is -2.82. The van der Waals surface area contributed by atoms with E-state index in [1.165, 1.54) is 32.1 Å². The van der Waals surface area contributed by atoms with Crippen molar-refractivity contribution in [2.45, 2.75) is 58.0 Å². The Kier molecular flexibility index (Phi) is 5.49. The van der Waals surface area contributed by atoms with Crippen LogP contribution >= 0.6 is 0 Å². The molecule has 118 valence electrons. The molecule has 1 heterocycles. The Balaban J connectivity index is 2.07. The lowest BCUT2D eigenvalue weighted by Crippen LogP contribution is -2.56. The maximum Gasteiger partial charge on any atom is 0.153 e. The molecule has 1 saturated carbocycles. The van der Waals surface area contributed by atoms with Crippen LogP contribution in [0.2, 0.25) is 0 Å². The Morgan fingerprint density at radius 2 is 2.05 bits per heavy atom. The van der Waals surface area contributed by atoms with Gasteiger partial charge in [0.2, 0.25) is 0 Å². The van der Waals surface area contributed by atoms with Crippen LogP contribution in [0, 0.1) is 11.8 Å². The molecule has 0 amide bonds. The normalized spacial score (nSPS) is 38.8. The van der Waals surface area contributed by atoms with Gasteiger partial charge in [-0.1, -0.05) is 26.2 Å². The van der Waals surface area contributed by atoms with Gasteiger partial charge in [0.15, 0.2) is 9.84 Å². The lowest BCUT2D eigenvalue weighted by Gasteiger charge is -2.46. The molecule has 2 N–H and O–H groups in total. The monoisotopic (exact) mass is 302 g/mol. The zero-order chi connectivity index (χ0) is 14.8. The first-order valence-corrected chi connectivity index (χ1v) is 9.95. The van der Waals surface area contributed by atoms with E-state index in [4.69, 9.17) is 5.73 Å². The first-order valence-electron chi connectivity index (χ1n) is 8.13. The quantitative estimate of drug-likeness (QED) is 0.857. The number of hydrogen-bond acceptors (Lipinski definition) is 4. The van der Waals surface area contributed by atoms with Crippen LogP contribution < -0.4 is 5.73 Å². The topological polar surface area (TPSA) is 63.4 Å². The van der Waals surface area contributed by atoms with Crippen LogP contribution in [0.25, 0.3) is 0 Å². The molecule has 0 bridgehead atoms. The van der Waals surface area contributed by atoms with Crippen molar-refractivity contribution in [2.75, 3.05) is 24.6 Å². The Hall–Kier alpha value is -0.130. The lowest BCUT2D eigenvalue weighted by molar-refractivity contribution is 0.0580. The highest BCUT2D eigenvalue weighted by molar-refractivity contribution is 7.91. The Labute approximate surface area is 124 Å². The summed E-state index contributed by atoms with van der Waals surface area (Å²) in [6.07, 6.45) is 6.26. The molecular formula is C15H30N2O2S. The average molecular weight is 302 g/mol. The summed E-state index contributed by atoms with van der Waals surface area (Å²) in [4.78, 5) is 2.44. The molecule has 1 saturated heterocycles. The van der Waals surface area contributed by atoms with Crippen LogP contribution in [0.15, 0.2) is 0 Å². The van der Waals surface area contributed by atoms with E-state index in [-0.39, 0.29) is 6.04 Å². The summed E-state index contributed by atoms with van der Waals surface area (Å²) in [6.45, 7) is 5.75. The predicted molar refractivity (Wildman–Crippen MR) is 83.4 cm³/mol. The standard InChI is InChI=1S/C15H30N2O2S/c1-3-4-13-5-6-14(10-16)15(9-13)17-7-8-20(18,19)11-12(17)2/h12-15H,3-11,16H2,1-2H3. The molecule has 1 aliphatic carbocycles. The maximum atomic E-state index is 11.8. The van der Waals surface area contributed by atoms with E-state index < -0.39 is 9.84 Å². The zero-order valence-corrected chi connectivity index (χ0v) is 13.7. The van der Waals surface area contributed by atoms with Crippen LogP contribution in [0.5, 0.6) is 0 Å². The van der Waals surface area contributed by atoms with Gasteiger partial charge in [-0.25, -0.2) is 8.42 Å². The van der Waals surface area contributed by atoms with E-state index in [0.717, 1.165) is 12.5 Å². The van der Waals surface area contributed by atoms with Gasteiger partial charge in [-0.3, -0.25) is 4.90 Å². The fourth-order valence-corrected chi connectivity index (χ4v) is 5.73. The van der Waals surface area contributed by atoms with Crippen molar-refractivity contribution < 1.29 is 8.42 Å². The van der Waals surface area contributed by atoms with Crippen LogP contribution in [-0.4, -0.2) is 50.0 Å². The molecule has 0 aromatic carbocycles. The van der Waals surface area contributed by atoms with Gasteiger partial charge in [0.25, 0.3) is 0 Å². The molecule has 0 radical (unpaired) electrons. The van der Waals surface area contributed by atoms with Crippen molar-refractivity contribution in [3.05, 3.63) is 0 Å². The summed E-state index contributed by atoms with van der Waals surface area (Å²) in [5.74, 6) is 1.99. The summed E-state index contributed by atoms with van der Waals surface area (Å²) in [5.41, 5.74) is 5.97. The SMILES string of the molecule is CCCC1CCC(CN)C(N2CCS(=O)(=O)CC2C)C1. The fraction of sp³-hybridized carbons (Fsp3) is 1.00. The van der Waals surface area contributed by atoms with Gasteiger partial charge < -0.3 is 5.73 Å². The van der Waals surface area contributed by atoms with Crippen LogP contribution in [-0.2, 0) is 9.84 Å². The number of rotatable bonds is 4. The van der Waals surface area contributed by atoms with Crippen molar-refractivity contribution >= 4 is 9.84 Å². The molecule has 0 spiro atoms. The van der Waals surface area contributed by atoms with Crippen molar-refractivity contribution in [2.24, 2.45) is 17.6 Å². The minimum absolute atomic E-state index is 0.146. The average Bonchev–Trinajstić information content (AvgIpc) is 2.38. The van der Waals surface area contributed by atoms with Crippen molar-refractivity contribution in [3.8, 4) is 0 Å². The predicted octanol–water partition coefficient (Wildman–Crippen LogP) is 1.65. The third-order valence-corrected chi connectivity index (χ3v) is 7.01. The molecule has 4 unspecified atom stereocenters. The van der Waals surface area contributed by atoms with E-state index in [1.807, 2.05) is 0 Å². The first kappa shape index (κ1) is 16.2. The summed E-state index contributed by atoms with van der Waals surface area (Å²) in [7, 11) is -2.82. The Morgan fingerprint density at radius 1 is 1.30 bits per heavy atom. The largest absolute Gasteiger partial charge is 0.330 e. The maximum absolute atomic E-state index is 11.8. The Morgan fingerprint density at radius 3 is 2.65 bits per heavy atom. The van der Waals surface area contributed by atoms with Gasteiger partial charge in [-0.05, 0) is 38.1 Å². The third kappa shape index (κ3) is 3.74. The highest BCUT2D eigenvalue weighted by Crippen LogP contribution is 2.36. The molecule has 5 heteroatoms. The number of sulfone groups is 1. The first-order chi connectivity index (χ1) is 9.46. The van der Waals surface area contributed by atoms with Crippen molar-refractivity contribution in [1.29, 1.82) is 0 Å². The second-order valence-corrected chi connectivity index (χ2v) is 8.96. The van der Waals surface area contributed by atoms with Gasteiger partial charge in [0, 0.05) is 18.6 Å². The van der Waals surface area contributed by atoms with Gasteiger partial charge in [0.05, 0.1) is 11.5 Å². The molecule has 0 aromatic heterocycles. The van der Waals surface area contributed by atoms with E-state index in [1.54, 1.807) is 0 Å². The minimum Gasteiger partial charge on any atom is -0.330 e. The molecule has 20 heavy (non-hydrogen) atoms. The van der Waals surface area contributed by atoms with E-state index >= 15 is 0 Å². The fourth-order valence-electron chi connectivity index (χ4n) is 4.15. The molecule has 4 nitrogen and oxygen atoms in total. The van der Waals surface area contributed by atoms with Crippen molar-refractivity contribution in [1.82, 2.24) is 4.90 Å². The van der Waals surface area contributed by atoms with Gasteiger partial charge >= 0.3 is 0 Å². The van der Waals surface area contributed by atoms with E-state index in [0.29, 0.717) is 30.0 Å². The van der Waals surface area contributed by atoms with E-state index in [2.05, 4.69) is 18.7 Å². The molecule has 2 fully saturated rings. The summed E-state index contributed by atoms with van der Waals surface area (Å²) in [6, 6.07) is 0.643. The number of nitrogens with two attached hydrogens (primary N) is 1. The van der Waals surface area contributed by atoms with Gasteiger partial charge in [-0.2, -0.15) is 0 Å². The molecule has 1 aliphatic heterocycles. The highest BCUT2D eigenvalue weighted by atomic mass is 32.2. The van der Waals surface area contributed by atoms with Crippen molar-refractivity contribution in [3.63, 3.8) is 0 Å². The van der Waals surface area contributed by atoms with Gasteiger partial charge in [-0.15, -0.1) is 0 Å². The van der Waals surface area contributed by atoms with Gasteiger partial charge in [0.1, 0.15) is 0 Å². The summed E-state index contributed by atoms with van der Waals surface area (Å²) >= 11 is 0. The second kappa shape index (κ2) is 6.75. The Bertz CT molecular complexity index is 410. The molecule has 0 aromatic rings.